The van der Waals surface area contributed by atoms with Crippen LogP contribution in [0.2, 0.25) is 0 Å². The maximum absolute atomic E-state index is 11.3. The van der Waals surface area contributed by atoms with Crippen LogP contribution in [0.25, 0.3) is 0 Å². The Bertz CT molecular complexity index is 330. The highest BCUT2D eigenvalue weighted by atomic mass is 35.5. The van der Waals surface area contributed by atoms with E-state index in [2.05, 4.69) is 11.9 Å². The first-order valence-corrected chi connectivity index (χ1v) is 4.14. The highest BCUT2D eigenvalue weighted by Gasteiger charge is 2.11. The van der Waals surface area contributed by atoms with Gasteiger partial charge in [0.15, 0.2) is 5.76 Å². The molecular weight excluding hydrogens is 190 g/mol. The first-order chi connectivity index (χ1) is 6.11. The van der Waals surface area contributed by atoms with Gasteiger partial charge in [-0.1, -0.05) is 18.2 Å². The van der Waals surface area contributed by atoms with Gasteiger partial charge in [-0.2, -0.15) is 0 Å². The molecule has 0 aliphatic rings. The lowest BCUT2D eigenvalue weighted by atomic mass is 10.3. The molecule has 0 bridgehead atoms. The molecule has 3 nitrogen and oxygen atoms in total. The molecule has 1 heterocycles. The monoisotopic (exact) mass is 199 g/mol. The Labute approximate surface area is 81.4 Å². The Morgan fingerprint density at radius 3 is 2.92 bits per heavy atom. The minimum Gasteiger partial charge on any atom is -0.459 e. The van der Waals surface area contributed by atoms with Crippen molar-refractivity contribution in [3.8, 4) is 0 Å². The van der Waals surface area contributed by atoms with Gasteiger partial charge in [0.2, 0.25) is 0 Å². The zero-order valence-electron chi connectivity index (χ0n) is 7.26. The topological polar surface area (TPSA) is 42.2 Å². The van der Waals surface area contributed by atoms with Crippen LogP contribution in [0.15, 0.2) is 28.4 Å². The second-order valence-corrected chi connectivity index (χ2v) is 3.17. The van der Waals surface area contributed by atoms with Gasteiger partial charge in [-0.05, 0) is 13.0 Å². The van der Waals surface area contributed by atoms with E-state index >= 15 is 0 Å². The highest BCUT2D eigenvalue weighted by Crippen LogP contribution is 2.08. The molecule has 0 saturated carbocycles. The van der Waals surface area contributed by atoms with E-state index in [9.17, 15) is 4.79 Å². The van der Waals surface area contributed by atoms with Crippen LogP contribution in [0.3, 0.4) is 0 Å². The van der Waals surface area contributed by atoms with E-state index in [0.717, 1.165) is 5.56 Å². The molecule has 13 heavy (non-hydrogen) atoms. The second-order valence-electron chi connectivity index (χ2n) is 2.63. The number of nitrogens with one attached hydrogen (secondary N) is 1. The Hall–Kier alpha value is -1.22. The van der Waals surface area contributed by atoms with Crippen molar-refractivity contribution in [3.63, 3.8) is 0 Å². The first-order valence-electron chi connectivity index (χ1n) is 3.77. The normalized spacial score (nSPS) is 9.69. The molecule has 0 aliphatic heterocycles. The SMILES string of the molecule is C=C(Cl)CNC(=O)c1occc1C. The number of halogens is 1. The van der Waals surface area contributed by atoms with Crippen LogP contribution in [0.1, 0.15) is 16.1 Å². The van der Waals surface area contributed by atoms with Crippen LogP contribution in [0, 0.1) is 6.92 Å². The van der Waals surface area contributed by atoms with Crippen molar-refractivity contribution in [1.82, 2.24) is 5.32 Å². The van der Waals surface area contributed by atoms with Crippen molar-refractivity contribution >= 4 is 17.5 Å². The summed E-state index contributed by atoms with van der Waals surface area (Å²) in [7, 11) is 0. The molecule has 0 unspecified atom stereocenters. The van der Waals surface area contributed by atoms with Crippen molar-refractivity contribution in [3.05, 3.63) is 35.3 Å². The van der Waals surface area contributed by atoms with Gasteiger partial charge in [0.1, 0.15) is 0 Å². The molecule has 0 radical (unpaired) electrons. The van der Waals surface area contributed by atoms with Gasteiger partial charge in [-0.25, -0.2) is 0 Å². The zero-order valence-corrected chi connectivity index (χ0v) is 8.02. The molecule has 70 valence electrons. The molecule has 1 aromatic heterocycles. The number of rotatable bonds is 3. The molecule has 0 aliphatic carbocycles. The number of hydrogen-bond donors (Lipinski definition) is 1. The summed E-state index contributed by atoms with van der Waals surface area (Å²) in [6.07, 6.45) is 1.47. The summed E-state index contributed by atoms with van der Waals surface area (Å²) in [6, 6.07) is 1.73. The van der Waals surface area contributed by atoms with Gasteiger partial charge in [-0.15, -0.1) is 0 Å². The Kier molecular flexibility index (Phi) is 3.14. The fraction of sp³-hybridized carbons (Fsp3) is 0.222. The van der Waals surface area contributed by atoms with E-state index in [1.165, 1.54) is 6.26 Å². The van der Waals surface area contributed by atoms with E-state index in [1.54, 1.807) is 13.0 Å². The number of hydrogen-bond acceptors (Lipinski definition) is 2. The summed E-state index contributed by atoms with van der Waals surface area (Å²) >= 11 is 5.48. The molecule has 0 aromatic carbocycles. The molecule has 4 heteroatoms. The average Bonchev–Trinajstić information content (AvgIpc) is 2.47. The van der Waals surface area contributed by atoms with E-state index in [1.807, 2.05) is 0 Å². The maximum atomic E-state index is 11.3. The van der Waals surface area contributed by atoms with Crippen LogP contribution in [0.4, 0.5) is 0 Å². The Balaban J connectivity index is 2.59. The summed E-state index contributed by atoms with van der Waals surface area (Å²) in [5.74, 6) is 0.0437. The molecular formula is C9H10ClNO2. The van der Waals surface area contributed by atoms with Crippen molar-refractivity contribution in [2.24, 2.45) is 0 Å². The molecule has 0 fully saturated rings. The molecule has 1 aromatic rings. The second kappa shape index (κ2) is 4.14. The lowest BCUT2D eigenvalue weighted by Gasteiger charge is -2.01. The van der Waals surface area contributed by atoms with E-state index in [0.29, 0.717) is 10.8 Å². The molecule has 0 saturated heterocycles. The Morgan fingerprint density at radius 2 is 2.46 bits per heavy atom. The predicted octanol–water partition coefficient (Wildman–Crippen LogP) is 2.07. The third-order valence-electron chi connectivity index (χ3n) is 1.51. The van der Waals surface area contributed by atoms with Crippen molar-refractivity contribution in [2.75, 3.05) is 6.54 Å². The molecule has 1 amide bonds. The summed E-state index contributed by atoms with van der Waals surface area (Å²) < 4.78 is 4.97. The van der Waals surface area contributed by atoms with Gasteiger partial charge in [0.25, 0.3) is 5.91 Å². The van der Waals surface area contributed by atoms with Crippen LogP contribution >= 0.6 is 11.6 Å². The van der Waals surface area contributed by atoms with Crippen LogP contribution in [0.5, 0.6) is 0 Å². The van der Waals surface area contributed by atoms with Gasteiger partial charge in [0, 0.05) is 10.6 Å². The van der Waals surface area contributed by atoms with Crippen molar-refractivity contribution in [2.45, 2.75) is 6.92 Å². The summed E-state index contributed by atoms with van der Waals surface area (Å²) in [6.45, 7) is 5.50. The fourth-order valence-electron chi connectivity index (χ4n) is 0.862. The zero-order chi connectivity index (χ0) is 9.84. The maximum Gasteiger partial charge on any atom is 0.287 e. The number of carbonyl (C=O) groups is 1. The summed E-state index contributed by atoms with van der Waals surface area (Å²) in [5, 5.41) is 2.95. The lowest BCUT2D eigenvalue weighted by molar-refractivity contribution is 0.0929. The number of amides is 1. The molecule has 1 N–H and O–H groups in total. The number of aryl methyl sites for hydroxylation is 1. The largest absolute Gasteiger partial charge is 0.459 e. The van der Waals surface area contributed by atoms with Gasteiger partial charge < -0.3 is 9.73 Å². The van der Waals surface area contributed by atoms with E-state index in [-0.39, 0.29) is 12.5 Å². The molecule has 0 atom stereocenters. The van der Waals surface area contributed by atoms with Gasteiger partial charge in [0.05, 0.1) is 12.8 Å². The quantitative estimate of drug-likeness (QED) is 0.810. The van der Waals surface area contributed by atoms with Crippen molar-refractivity contribution in [1.29, 1.82) is 0 Å². The molecule has 1 rings (SSSR count). The fourth-order valence-corrected chi connectivity index (χ4v) is 0.929. The Morgan fingerprint density at radius 1 is 1.77 bits per heavy atom. The minimum atomic E-state index is -0.274. The third kappa shape index (κ3) is 2.63. The standard InChI is InChI=1S/C9H10ClNO2/c1-6-3-4-13-8(6)9(12)11-5-7(2)10/h3-4H,2,5H2,1H3,(H,11,12). The predicted molar refractivity (Wildman–Crippen MR) is 50.8 cm³/mol. The smallest absolute Gasteiger partial charge is 0.287 e. The van der Waals surface area contributed by atoms with Gasteiger partial charge in [-0.3, -0.25) is 4.79 Å². The summed E-state index contributed by atoms with van der Waals surface area (Å²) in [5.41, 5.74) is 0.803. The van der Waals surface area contributed by atoms with Crippen molar-refractivity contribution < 1.29 is 9.21 Å². The molecule has 0 spiro atoms. The van der Waals surface area contributed by atoms with Crippen LogP contribution in [-0.2, 0) is 0 Å². The lowest BCUT2D eigenvalue weighted by Crippen LogP contribution is -2.24. The first kappa shape index (κ1) is 9.86. The number of carbonyl (C=O) groups excluding carboxylic acids is 1. The van der Waals surface area contributed by atoms with Crippen LogP contribution < -0.4 is 5.32 Å². The third-order valence-corrected chi connectivity index (χ3v) is 1.64. The summed E-state index contributed by atoms with van der Waals surface area (Å²) in [4.78, 5) is 11.3. The van der Waals surface area contributed by atoms with Gasteiger partial charge >= 0.3 is 0 Å². The van der Waals surface area contributed by atoms with Crippen LogP contribution in [-0.4, -0.2) is 12.5 Å². The number of furan rings is 1. The minimum absolute atomic E-state index is 0.251. The average molecular weight is 200 g/mol. The highest BCUT2D eigenvalue weighted by molar-refractivity contribution is 6.29. The van der Waals surface area contributed by atoms with E-state index < -0.39 is 0 Å². The van der Waals surface area contributed by atoms with E-state index in [4.69, 9.17) is 16.0 Å².